The van der Waals surface area contributed by atoms with Gasteiger partial charge in [-0.3, -0.25) is 9.59 Å². The molecule has 5 aromatic carbocycles. The van der Waals surface area contributed by atoms with Gasteiger partial charge in [0.25, 0.3) is 0 Å². The van der Waals surface area contributed by atoms with Crippen LogP contribution in [0, 0.1) is 0 Å². The van der Waals surface area contributed by atoms with E-state index in [4.69, 9.17) is 31.2 Å². The number of hydrogen-bond donors (Lipinski definition) is 6. The van der Waals surface area contributed by atoms with E-state index in [1.807, 2.05) is 0 Å². The van der Waals surface area contributed by atoms with Crippen LogP contribution in [0.25, 0.3) is 12.2 Å². The molecule has 5 aromatic rings. The third-order valence-electron chi connectivity index (χ3n) is 8.74. The highest BCUT2D eigenvalue weighted by molar-refractivity contribution is 6.01. The number of ether oxygens (including phenoxy) is 4. The number of alkyl halides is 6. The van der Waals surface area contributed by atoms with E-state index in [0.717, 1.165) is 60.7 Å². The van der Waals surface area contributed by atoms with Crippen LogP contribution in [0.3, 0.4) is 0 Å². The number of nitrogens with two attached hydrogens (primary N) is 2. The monoisotopic (exact) mass is 926 g/mol. The smallest absolute Gasteiger partial charge is 0.423 e. The summed E-state index contributed by atoms with van der Waals surface area (Å²) in [6, 6.07) is 23.4. The number of benzene rings is 5. The Kier molecular flexibility index (Phi) is 17.3. The SMILES string of the molecule is CCC(O)O.Nc1cc(N)cc(C(CC(=O)/C=C/c2ccc(C(=O)Oc3ccc(OC(F)(F)F)cc3)cc2)C(O)(O)C(=O)/C=C/c2ccc(C(=O)Oc3ccc(OC(F)(F)F)cc3)cc2)c1. The molecule has 5 rings (SSSR count). The molecule has 0 fully saturated rings. The molecule has 8 N–H and O–H groups in total. The van der Waals surface area contributed by atoms with Crippen molar-refractivity contribution in [2.45, 2.75) is 50.5 Å². The molecule has 0 aliphatic heterocycles. The number of rotatable bonds is 16. The van der Waals surface area contributed by atoms with E-state index in [9.17, 15) is 55.7 Å². The molecule has 0 spiro atoms. The van der Waals surface area contributed by atoms with Crippen LogP contribution in [-0.4, -0.2) is 68.7 Å². The summed E-state index contributed by atoms with van der Waals surface area (Å²) in [7, 11) is 0. The van der Waals surface area contributed by atoms with Gasteiger partial charge in [0.05, 0.1) is 17.0 Å². The lowest BCUT2D eigenvalue weighted by Crippen LogP contribution is -2.44. The first-order chi connectivity index (χ1) is 30.9. The molecule has 0 saturated heterocycles. The van der Waals surface area contributed by atoms with Crippen molar-refractivity contribution in [1.29, 1.82) is 0 Å². The molecule has 0 radical (unpaired) electrons. The van der Waals surface area contributed by atoms with E-state index >= 15 is 0 Å². The van der Waals surface area contributed by atoms with Crippen LogP contribution in [0.2, 0.25) is 0 Å². The molecule has 0 heterocycles. The molecule has 1 atom stereocenters. The van der Waals surface area contributed by atoms with Crippen molar-refractivity contribution in [3.05, 3.63) is 155 Å². The van der Waals surface area contributed by atoms with Gasteiger partial charge in [-0.25, -0.2) is 9.59 Å². The largest absolute Gasteiger partial charge is 0.573 e. The van der Waals surface area contributed by atoms with Crippen molar-refractivity contribution in [3.63, 3.8) is 0 Å². The van der Waals surface area contributed by atoms with Gasteiger partial charge >= 0.3 is 24.7 Å². The summed E-state index contributed by atoms with van der Waals surface area (Å²) in [5.74, 6) is -9.47. The summed E-state index contributed by atoms with van der Waals surface area (Å²) in [5.41, 5.74) is 13.0. The average Bonchev–Trinajstić information content (AvgIpc) is 3.24. The lowest BCUT2D eigenvalue weighted by molar-refractivity contribution is -0.275. The summed E-state index contributed by atoms with van der Waals surface area (Å²) in [6.07, 6.45) is -6.57. The van der Waals surface area contributed by atoms with Gasteiger partial charge in [0, 0.05) is 17.8 Å². The Morgan fingerprint density at radius 2 is 0.955 bits per heavy atom. The molecular weight excluding hydrogens is 886 g/mol. The molecule has 0 aliphatic rings. The van der Waals surface area contributed by atoms with Crippen LogP contribution in [0.15, 0.2) is 127 Å². The first-order valence-electron chi connectivity index (χ1n) is 19.2. The van der Waals surface area contributed by atoms with Crippen molar-refractivity contribution in [2.24, 2.45) is 0 Å². The maximum Gasteiger partial charge on any atom is 0.573 e. The van der Waals surface area contributed by atoms with Gasteiger partial charge in [-0.1, -0.05) is 43.3 Å². The number of anilines is 2. The molecule has 14 nitrogen and oxygen atoms in total. The van der Waals surface area contributed by atoms with Gasteiger partial charge in [0.15, 0.2) is 12.1 Å². The highest BCUT2D eigenvalue weighted by atomic mass is 19.4. The van der Waals surface area contributed by atoms with Crippen LogP contribution in [0.1, 0.15) is 63.1 Å². The molecule has 66 heavy (non-hydrogen) atoms. The number of allylic oxidation sites excluding steroid dienone is 1. The number of halogens is 6. The van der Waals surface area contributed by atoms with Crippen LogP contribution in [0.4, 0.5) is 37.7 Å². The zero-order valence-electron chi connectivity index (χ0n) is 34.3. The maximum absolute atomic E-state index is 13.3. The predicted molar refractivity (Wildman–Crippen MR) is 225 cm³/mol. The van der Waals surface area contributed by atoms with Crippen molar-refractivity contribution in [2.75, 3.05) is 11.5 Å². The van der Waals surface area contributed by atoms with Crippen LogP contribution < -0.4 is 30.4 Å². The fourth-order valence-corrected chi connectivity index (χ4v) is 5.53. The minimum absolute atomic E-state index is 0.0350. The number of carbonyl (C=O) groups is 4. The summed E-state index contributed by atoms with van der Waals surface area (Å²) in [6.45, 7) is 1.70. The zero-order valence-corrected chi connectivity index (χ0v) is 34.3. The lowest BCUT2D eigenvalue weighted by atomic mass is 9.83. The molecular formula is C46H40F6N2O12. The van der Waals surface area contributed by atoms with Crippen LogP contribution in [-0.2, 0) is 9.59 Å². The highest BCUT2D eigenvalue weighted by Gasteiger charge is 2.42. The fraction of sp³-hybridized carbons (Fsp3) is 0.174. The number of aliphatic hydroxyl groups excluding tert-OH is 1. The van der Waals surface area contributed by atoms with Crippen molar-refractivity contribution >= 4 is 47.0 Å². The summed E-state index contributed by atoms with van der Waals surface area (Å²) < 4.78 is 92.3. The van der Waals surface area contributed by atoms with Gasteiger partial charge in [-0.2, -0.15) is 0 Å². The topological polar surface area (TPSA) is 238 Å². The first-order valence-corrected chi connectivity index (χ1v) is 19.2. The van der Waals surface area contributed by atoms with Crippen molar-refractivity contribution in [1.82, 2.24) is 0 Å². The highest BCUT2D eigenvalue weighted by Crippen LogP contribution is 2.35. The van der Waals surface area contributed by atoms with Gasteiger partial charge in [0.2, 0.25) is 11.6 Å². The fourth-order valence-electron chi connectivity index (χ4n) is 5.53. The van der Waals surface area contributed by atoms with Crippen molar-refractivity contribution < 1.29 is 84.9 Å². The van der Waals surface area contributed by atoms with E-state index < -0.39 is 72.1 Å². The molecule has 348 valence electrons. The van der Waals surface area contributed by atoms with Gasteiger partial charge in [-0.05, 0) is 126 Å². The Labute approximate surface area is 371 Å². The summed E-state index contributed by atoms with van der Waals surface area (Å²) in [5, 5.41) is 38.3. The predicted octanol–water partition coefficient (Wildman–Crippen LogP) is 7.51. The molecule has 0 aliphatic carbocycles. The second-order valence-corrected chi connectivity index (χ2v) is 13.9. The Bertz CT molecular complexity index is 2480. The van der Waals surface area contributed by atoms with Gasteiger partial charge < -0.3 is 50.8 Å². The number of esters is 2. The number of hydrogen-bond acceptors (Lipinski definition) is 14. The van der Waals surface area contributed by atoms with Crippen LogP contribution >= 0.6 is 0 Å². The molecule has 0 saturated carbocycles. The molecule has 0 aromatic heterocycles. The minimum Gasteiger partial charge on any atom is -0.423 e. The number of aliphatic hydroxyl groups is 4. The zero-order chi connectivity index (χ0) is 48.8. The molecule has 1 unspecified atom stereocenters. The van der Waals surface area contributed by atoms with Gasteiger partial charge in [-0.15, -0.1) is 26.3 Å². The second kappa shape index (κ2) is 22.4. The van der Waals surface area contributed by atoms with E-state index in [1.165, 1.54) is 78.9 Å². The normalized spacial score (nSPS) is 12.3. The Balaban J connectivity index is 0.00000180. The molecule has 0 amide bonds. The quantitative estimate of drug-likeness (QED) is 0.0140. The maximum atomic E-state index is 13.3. The average molecular weight is 927 g/mol. The number of carbonyl (C=O) groups excluding carboxylic acids is 4. The Morgan fingerprint density at radius 3 is 1.32 bits per heavy atom. The number of ketones is 2. The molecule has 20 heteroatoms. The van der Waals surface area contributed by atoms with E-state index in [-0.39, 0.29) is 39.6 Å². The van der Waals surface area contributed by atoms with E-state index in [0.29, 0.717) is 17.5 Å². The molecule has 0 bridgehead atoms. The lowest BCUT2D eigenvalue weighted by Gasteiger charge is -2.29. The Hall–Kier alpha value is -7.52. The summed E-state index contributed by atoms with van der Waals surface area (Å²) >= 11 is 0. The second-order valence-electron chi connectivity index (χ2n) is 13.9. The number of nitrogen functional groups attached to an aromatic ring is 2. The third-order valence-corrected chi connectivity index (χ3v) is 8.74. The Morgan fingerprint density at radius 1 is 0.591 bits per heavy atom. The van der Waals surface area contributed by atoms with E-state index in [1.54, 1.807) is 6.92 Å². The van der Waals surface area contributed by atoms with Crippen LogP contribution in [0.5, 0.6) is 23.0 Å². The van der Waals surface area contributed by atoms with Gasteiger partial charge in [0.1, 0.15) is 23.0 Å². The third kappa shape index (κ3) is 16.6. The minimum atomic E-state index is -4.90. The standard InChI is InChI=1S/C43H32F6N2O10.C3H8O2/c44-42(45,46)60-35-16-12-33(13-17-35)58-39(54)27-7-1-25(2-8-27)5-11-32(52)24-37(29-21-30(50)23-31(51)22-29)41(56,57)38(53)20-6-26-3-9-28(10-4-26)40(55)59-34-14-18-36(19-15-34)61-43(47,48)49;1-2-3(4)5/h1-23,37,56-57H,24,50-51H2;3-5H,2H2,1H3/b11-5+,20-6+;. The van der Waals surface area contributed by atoms with E-state index in [2.05, 4.69) is 9.47 Å². The summed E-state index contributed by atoms with van der Waals surface area (Å²) in [4.78, 5) is 51.7. The first kappa shape index (κ1) is 51.1. The van der Waals surface area contributed by atoms with Crippen molar-refractivity contribution in [3.8, 4) is 23.0 Å².